The van der Waals surface area contributed by atoms with Gasteiger partial charge in [-0.05, 0) is 48.4 Å². The van der Waals surface area contributed by atoms with Gasteiger partial charge in [0.2, 0.25) is 0 Å². The summed E-state index contributed by atoms with van der Waals surface area (Å²) in [4.78, 5) is 1.83. The van der Waals surface area contributed by atoms with Gasteiger partial charge < -0.3 is 15.1 Å². The Morgan fingerprint density at radius 2 is 2.24 bits per heavy atom. The van der Waals surface area contributed by atoms with Gasteiger partial charge >= 0.3 is 0 Å². The number of nitrogens with two attached hydrogens (primary N) is 1. The zero-order valence-corrected chi connectivity index (χ0v) is 12.3. The third-order valence-corrected chi connectivity index (χ3v) is 4.31. The predicted molar refractivity (Wildman–Crippen MR) is 84.2 cm³/mol. The molecule has 4 heteroatoms. The Morgan fingerprint density at radius 3 is 2.95 bits per heavy atom. The van der Waals surface area contributed by atoms with Gasteiger partial charge in [-0.3, -0.25) is 5.41 Å². The van der Waals surface area contributed by atoms with Gasteiger partial charge in [0.15, 0.2) is 5.96 Å². The molecule has 0 amide bonds. The number of furan rings is 1. The second kappa shape index (κ2) is 5.64. The van der Waals surface area contributed by atoms with E-state index >= 15 is 0 Å². The molecule has 3 rings (SSSR count). The Labute approximate surface area is 125 Å². The molecule has 1 atom stereocenters. The molecule has 1 aliphatic rings. The Balaban J connectivity index is 1.81. The van der Waals surface area contributed by atoms with E-state index in [0.29, 0.717) is 5.92 Å². The van der Waals surface area contributed by atoms with Crippen molar-refractivity contribution in [3.8, 4) is 11.3 Å². The fourth-order valence-electron chi connectivity index (χ4n) is 3.19. The lowest BCUT2D eigenvalue weighted by atomic mass is 9.81. The minimum Gasteiger partial charge on any atom is -0.464 e. The van der Waals surface area contributed by atoms with E-state index in [1.807, 2.05) is 24.1 Å². The Kier molecular flexibility index (Phi) is 3.69. The number of nitrogens with zero attached hydrogens (tertiary/aromatic N) is 1. The standard InChI is InChI=1S/C17H21N3O/c1-20(17(18)19)11-12-7-8-14-13(10-12)4-2-5-15(14)16-6-3-9-21-16/h2-6,9,12H,7-8,10-11H2,1H3,(H3,18,19). The van der Waals surface area contributed by atoms with Crippen molar-refractivity contribution in [2.75, 3.05) is 13.6 Å². The maximum atomic E-state index is 7.48. The van der Waals surface area contributed by atoms with E-state index in [2.05, 4.69) is 18.2 Å². The highest BCUT2D eigenvalue weighted by Crippen LogP contribution is 2.33. The third kappa shape index (κ3) is 2.79. The van der Waals surface area contributed by atoms with Crippen LogP contribution in [0.3, 0.4) is 0 Å². The van der Waals surface area contributed by atoms with Crippen molar-refractivity contribution in [2.45, 2.75) is 19.3 Å². The molecule has 110 valence electrons. The van der Waals surface area contributed by atoms with E-state index < -0.39 is 0 Å². The Morgan fingerprint density at radius 1 is 1.38 bits per heavy atom. The molecule has 0 saturated heterocycles. The number of guanidine groups is 1. The van der Waals surface area contributed by atoms with Crippen LogP contribution in [0, 0.1) is 11.3 Å². The Bertz CT molecular complexity index is 633. The molecule has 1 aromatic carbocycles. The van der Waals surface area contributed by atoms with Crippen molar-refractivity contribution in [3.05, 3.63) is 47.7 Å². The van der Waals surface area contributed by atoms with Gasteiger partial charge in [0.1, 0.15) is 5.76 Å². The van der Waals surface area contributed by atoms with Crippen molar-refractivity contribution in [1.82, 2.24) is 4.90 Å². The van der Waals surface area contributed by atoms with Crippen molar-refractivity contribution >= 4 is 5.96 Å². The van der Waals surface area contributed by atoms with E-state index in [0.717, 1.165) is 31.6 Å². The smallest absolute Gasteiger partial charge is 0.188 e. The molecule has 0 aliphatic heterocycles. The second-order valence-corrected chi connectivity index (χ2v) is 5.80. The van der Waals surface area contributed by atoms with Crippen molar-refractivity contribution in [1.29, 1.82) is 5.41 Å². The molecule has 1 aliphatic carbocycles. The first-order valence-electron chi connectivity index (χ1n) is 7.35. The lowest BCUT2D eigenvalue weighted by molar-refractivity contribution is 0.347. The van der Waals surface area contributed by atoms with Crippen molar-refractivity contribution < 1.29 is 4.42 Å². The summed E-state index contributed by atoms with van der Waals surface area (Å²) in [5, 5.41) is 7.48. The first-order valence-corrected chi connectivity index (χ1v) is 7.35. The van der Waals surface area contributed by atoms with E-state index in [1.165, 1.54) is 16.7 Å². The molecule has 3 N–H and O–H groups in total. The van der Waals surface area contributed by atoms with Gasteiger partial charge in [0, 0.05) is 19.2 Å². The summed E-state index contributed by atoms with van der Waals surface area (Å²) in [6.45, 7) is 0.847. The van der Waals surface area contributed by atoms with Crippen LogP contribution >= 0.6 is 0 Å². The summed E-state index contributed by atoms with van der Waals surface area (Å²) in [5.74, 6) is 1.65. The molecule has 0 saturated carbocycles. The van der Waals surface area contributed by atoms with Gasteiger partial charge in [-0.25, -0.2) is 0 Å². The molecule has 1 unspecified atom stereocenters. The van der Waals surface area contributed by atoms with Crippen LogP contribution < -0.4 is 5.73 Å². The number of hydrogen-bond acceptors (Lipinski definition) is 2. The van der Waals surface area contributed by atoms with Crippen molar-refractivity contribution in [3.63, 3.8) is 0 Å². The average Bonchev–Trinajstić information content (AvgIpc) is 3.00. The zero-order valence-electron chi connectivity index (χ0n) is 12.3. The first kappa shape index (κ1) is 13.7. The van der Waals surface area contributed by atoms with Crippen LogP contribution in [0.25, 0.3) is 11.3 Å². The van der Waals surface area contributed by atoms with Crippen LogP contribution in [0.2, 0.25) is 0 Å². The molecule has 4 nitrogen and oxygen atoms in total. The third-order valence-electron chi connectivity index (χ3n) is 4.31. The SMILES string of the molecule is CN(CC1CCc2c(cccc2-c2ccco2)C1)C(=N)N. The molecule has 1 aromatic heterocycles. The monoisotopic (exact) mass is 283 g/mol. The number of benzene rings is 1. The largest absolute Gasteiger partial charge is 0.464 e. The zero-order chi connectivity index (χ0) is 14.8. The number of fused-ring (bicyclic) bond motifs is 1. The van der Waals surface area contributed by atoms with Crippen LogP contribution in [0.15, 0.2) is 41.0 Å². The minimum atomic E-state index is 0.144. The van der Waals surface area contributed by atoms with E-state index in [-0.39, 0.29) is 5.96 Å². The quantitative estimate of drug-likeness (QED) is 0.672. The molecule has 2 aromatic rings. The maximum Gasteiger partial charge on any atom is 0.188 e. The fourth-order valence-corrected chi connectivity index (χ4v) is 3.19. The topological polar surface area (TPSA) is 66.2 Å². The average molecular weight is 283 g/mol. The summed E-state index contributed by atoms with van der Waals surface area (Å²) in [6.07, 6.45) is 4.95. The lowest BCUT2D eigenvalue weighted by Gasteiger charge is -2.29. The van der Waals surface area contributed by atoms with Gasteiger partial charge in [-0.1, -0.05) is 18.2 Å². The van der Waals surface area contributed by atoms with E-state index in [9.17, 15) is 0 Å². The summed E-state index contributed by atoms with van der Waals surface area (Å²) in [6, 6.07) is 10.4. The number of hydrogen-bond donors (Lipinski definition) is 2. The van der Waals surface area contributed by atoms with Gasteiger partial charge in [0.25, 0.3) is 0 Å². The highest BCUT2D eigenvalue weighted by molar-refractivity contribution is 5.74. The van der Waals surface area contributed by atoms with Crippen LogP contribution in [0.5, 0.6) is 0 Å². The predicted octanol–water partition coefficient (Wildman–Crippen LogP) is 2.88. The molecule has 21 heavy (non-hydrogen) atoms. The van der Waals surface area contributed by atoms with Crippen LogP contribution in [-0.4, -0.2) is 24.5 Å². The lowest BCUT2D eigenvalue weighted by Crippen LogP contribution is -2.38. The summed E-state index contributed by atoms with van der Waals surface area (Å²) < 4.78 is 5.56. The van der Waals surface area contributed by atoms with E-state index in [1.54, 1.807) is 6.26 Å². The molecular formula is C17H21N3O. The van der Waals surface area contributed by atoms with Gasteiger partial charge in [0.05, 0.1) is 6.26 Å². The van der Waals surface area contributed by atoms with Crippen LogP contribution in [0.4, 0.5) is 0 Å². The number of rotatable bonds is 3. The summed E-state index contributed by atoms with van der Waals surface area (Å²) in [5.41, 5.74) is 9.56. The normalized spacial score (nSPS) is 17.3. The summed E-state index contributed by atoms with van der Waals surface area (Å²) in [7, 11) is 1.89. The first-order chi connectivity index (χ1) is 10.1. The Hall–Kier alpha value is -2.23. The second-order valence-electron chi connectivity index (χ2n) is 5.80. The summed E-state index contributed by atoms with van der Waals surface area (Å²) >= 11 is 0. The van der Waals surface area contributed by atoms with E-state index in [4.69, 9.17) is 15.6 Å². The van der Waals surface area contributed by atoms with Crippen LogP contribution in [-0.2, 0) is 12.8 Å². The molecule has 0 spiro atoms. The molecule has 0 bridgehead atoms. The van der Waals surface area contributed by atoms with Crippen molar-refractivity contribution in [2.24, 2.45) is 11.7 Å². The molecular weight excluding hydrogens is 262 g/mol. The molecule has 0 radical (unpaired) electrons. The van der Waals surface area contributed by atoms with Crippen LogP contribution in [0.1, 0.15) is 17.5 Å². The van der Waals surface area contributed by atoms with Gasteiger partial charge in [-0.2, -0.15) is 0 Å². The fraction of sp³-hybridized carbons (Fsp3) is 0.353. The molecule has 1 heterocycles. The number of nitrogens with one attached hydrogen (secondary N) is 1. The minimum absolute atomic E-state index is 0.144. The highest BCUT2D eigenvalue weighted by atomic mass is 16.3. The maximum absolute atomic E-state index is 7.48. The van der Waals surface area contributed by atoms with Gasteiger partial charge in [-0.15, -0.1) is 0 Å². The highest BCUT2D eigenvalue weighted by Gasteiger charge is 2.23. The molecule has 0 fully saturated rings.